The zero-order valence-corrected chi connectivity index (χ0v) is 29.9. The Morgan fingerprint density at radius 3 is 1.46 bits per heavy atom. The Morgan fingerprint density at radius 1 is 0.652 bits per heavy atom. The number of rotatable bonds is 18. The number of hydrogen-bond donors (Lipinski definition) is 0. The molecule has 0 saturated carbocycles. The molecule has 0 aliphatic carbocycles. The first-order valence-corrected chi connectivity index (χ1v) is 18.1. The summed E-state index contributed by atoms with van der Waals surface area (Å²) in [6.07, 6.45) is 12.6. The normalized spacial score (nSPS) is 13.7. The minimum Gasteiger partial charge on any atom is -0.438 e. The molecule has 6 nitrogen and oxygen atoms in total. The molecule has 4 rings (SSSR count). The maximum atomic E-state index is 13.7. The molecule has 0 spiro atoms. The summed E-state index contributed by atoms with van der Waals surface area (Å²) in [7, 11) is 0. The van der Waals surface area contributed by atoms with Crippen molar-refractivity contribution >= 4 is 17.3 Å². The number of aromatic nitrogens is 2. The fourth-order valence-electron chi connectivity index (χ4n) is 6.72. The maximum absolute atomic E-state index is 13.7. The predicted octanol–water partition coefficient (Wildman–Crippen LogP) is 10.00. The highest BCUT2D eigenvalue weighted by molar-refractivity contribution is 5.94. The summed E-state index contributed by atoms with van der Waals surface area (Å²) in [5, 5.41) is 0. The van der Waals surface area contributed by atoms with Gasteiger partial charge in [-0.3, -0.25) is 4.98 Å². The molecule has 0 saturated heterocycles. The van der Waals surface area contributed by atoms with Crippen molar-refractivity contribution in [3.05, 3.63) is 82.4 Å². The number of hydrogen-bond acceptors (Lipinski definition) is 6. The lowest BCUT2D eigenvalue weighted by Crippen LogP contribution is -2.34. The van der Waals surface area contributed by atoms with Crippen molar-refractivity contribution in [2.45, 2.75) is 124 Å². The molecule has 3 aromatic rings. The second-order valence-corrected chi connectivity index (χ2v) is 13.6. The van der Waals surface area contributed by atoms with Crippen molar-refractivity contribution in [1.29, 1.82) is 0 Å². The highest BCUT2D eigenvalue weighted by Crippen LogP contribution is 2.50. The van der Waals surface area contributed by atoms with Gasteiger partial charge in [0.2, 0.25) is 5.60 Å². The lowest BCUT2D eigenvalue weighted by Gasteiger charge is -2.36. The van der Waals surface area contributed by atoms with Gasteiger partial charge in [-0.25, -0.2) is 9.78 Å². The number of nitrogens with zero attached hydrogens (tertiary/aromatic N) is 4. The zero-order chi connectivity index (χ0) is 33.3. The largest absolute Gasteiger partial charge is 0.438 e. The number of unbranched alkanes of at least 4 members (excludes halogenated alkanes) is 4. The average Bonchev–Trinajstić information content (AvgIpc) is 3.37. The third-order valence-corrected chi connectivity index (χ3v) is 9.40. The van der Waals surface area contributed by atoms with Gasteiger partial charge in [0.15, 0.2) is 5.69 Å². The Bertz CT molecular complexity index is 1340. The second kappa shape index (κ2) is 16.4. The molecule has 0 atom stereocenters. The van der Waals surface area contributed by atoms with Gasteiger partial charge in [0.25, 0.3) is 0 Å². The smallest absolute Gasteiger partial charge is 0.360 e. The van der Waals surface area contributed by atoms with Crippen LogP contribution < -0.4 is 9.80 Å². The number of fused-ring (bicyclic) bond motifs is 1. The number of carbonyl (C=O) groups excluding carboxylic acids is 1. The highest BCUT2D eigenvalue weighted by Gasteiger charge is 2.53. The summed E-state index contributed by atoms with van der Waals surface area (Å²) in [6.45, 7) is 22.1. The first-order chi connectivity index (χ1) is 22.2. The van der Waals surface area contributed by atoms with E-state index in [1.54, 1.807) is 12.4 Å². The molecule has 1 aromatic heterocycles. The highest BCUT2D eigenvalue weighted by atomic mass is 16.6. The first kappa shape index (κ1) is 35.4. The molecule has 2 heterocycles. The average molecular weight is 627 g/mol. The quantitative estimate of drug-likeness (QED) is 0.131. The van der Waals surface area contributed by atoms with Gasteiger partial charge >= 0.3 is 5.97 Å². The number of esters is 1. The summed E-state index contributed by atoms with van der Waals surface area (Å²) in [4.78, 5) is 28.1. The Kier molecular flexibility index (Phi) is 12.7. The van der Waals surface area contributed by atoms with Crippen molar-refractivity contribution < 1.29 is 9.53 Å². The fraction of sp³-hybridized carbons (Fsp3) is 0.575. The molecular formula is C40H58N4O2. The maximum Gasteiger partial charge on any atom is 0.360 e. The van der Waals surface area contributed by atoms with E-state index >= 15 is 0 Å². The van der Waals surface area contributed by atoms with E-state index < -0.39 is 11.6 Å². The van der Waals surface area contributed by atoms with Crippen LogP contribution in [-0.2, 0) is 10.3 Å². The van der Waals surface area contributed by atoms with Crippen LogP contribution in [0.15, 0.2) is 48.8 Å². The van der Waals surface area contributed by atoms with E-state index in [9.17, 15) is 4.79 Å². The van der Waals surface area contributed by atoms with Gasteiger partial charge in [-0.15, -0.1) is 0 Å². The third kappa shape index (κ3) is 7.42. The van der Waals surface area contributed by atoms with Gasteiger partial charge in [0.05, 0.1) is 0 Å². The fourth-order valence-corrected chi connectivity index (χ4v) is 6.72. The van der Waals surface area contributed by atoms with Crippen LogP contribution in [0.2, 0.25) is 0 Å². The number of benzene rings is 2. The second-order valence-electron chi connectivity index (χ2n) is 13.6. The summed E-state index contributed by atoms with van der Waals surface area (Å²) in [5.41, 5.74) is 6.48. The number of carbonyl (C=O) groups is 1. The molecule has 1 aliphatic heterocycles. The number of anilines is 2. The van der Waals surface area contributed by atoms with E-state index in [2.05, 4.69) is 107 Å². The van der Waals surface area contributed by atoms with E-state index in [-0.39, 0.29) is 11.8 Å². The van der Waals surface area contributed by atoms with Crippen LogP contribution in [0.3, 0.4) is 0 Å². The zero-order valence-electron chi connectivity index (χ0n) is 29.9. The monoisotopic (exact) mass is 626 g/mol. The minimum atomic E-state index is -1.19. The molecule has 2 aromatic carbocycles. The van der Waals surface area contributed by atoms with Gasteiger partial charge < -0.3 is 14.5 Å². The van der Waals surface area contributed by atoms with Crippen LogP contribution in [0.4, 0.5) is 11.4 Å². The Morgan fingerprint density at radius 2 is 1.07 bits per heavy atom. The molecule has 0 unspecified atom stereocenters. The Hall–Kier alpha value is -3.41. The Balaban J connectivity index is 1.97. The van der Waals surface area contributed by atoms with Gasteiger partial charge in [-0.2, -0.15) is 0 Å². The van der Waals surface area contributed by atoms with E-state index in [1.807, 2.05) is 0 Å². The number of ether oxygens (including phenoxy) is 1. The van der Waals surface area contributed by atoms with Gasteiger partial charge in [-0.1, -0.05) is 93.2 Å². The summed E-state index contributed by atoms with van der Waals surface area (Å²) in [6, 6.07) is 13.6. The van der Waals surface area contributed by atoms with Crippen LogP contribution >= 0.6 is 0 Å². The van der Waals surface area contributed by atoms with Gasteiger partial charge in [0.1, 0.15) is 5.69 Å². The molecule has 0 N–H and O–H groups in total. The topological polar surface area (TPSA) is 58.6 Å². The number of cyclic esters (lactones) is 1. The van der Waals surface area contributed by atoms with Crippen molar-refractivity contribution in [2.24, 2.45) is 0 Å². The summed E-state index contributed by atoms with van der Waals surface area (Å²) in [5.74, 6) is -0.0164. The summed E-state index contributed by atoms with van der Waals surface area (Å²) < 4.78 is 6.64. The van der Waals surface area contributed by atoms with E-state index in [0.717, 1.165) is 88.7 Å². The molecule has 0 fully saturated rings. The molecule has 6 heteroatoms. The molecule has 46 heavy (non-hydrogen) atoms. The van der Waals surface area contributed by atoms with Crippen LogP contribution in [0.1, 0.15) is 157 Å². The standard InChI is InChI=1S/C40H58N4O2/c1-9-13-23-43(24-14-10-2)31-17-19-35(33(27-31)29(5)6)40(38-37(39(45)46-40)41-21-22-42-38)36-20-18-32(28-34(36)30(7)8)44(25-15-11-3)26-16-12-4/h17-22,27-30H,9-16,23-26H2,1-8H3. The third-order valence-electron chi connectivity index (χ3n) is 9.40. The van der Waals surface area contributed by atoms with Crippen LogP contribution in [0, 0.1) is 0 Å². The van der Waals surface area contributed by atoms with Gasteiger partial charge in [-0.05, 0) is 72.9 Å². The molecule has 0 amide bonds. The van der Waals surface area contributed by atoms with Crippen LogP contribution in [0.25, 0.3) is 0 Å². The summed E-state index contributed by atoms with van der Waals surface area (Å²) >= 11 is 0. The van der Waals surface area contributed by atoms with Crippen molar-refractivity contribution in [3.63, 3.8) is 0 Å². The lowest BCUT2D eigenvalue weighted by atomic mass is 9.75. The van der Waals surface area contributed by atoms with Crippen LogP contribution in [-0.4, -0.2) is 42.1 Å². The SMILES string of the molecule is CCCCN(CCCC)c1ccc(C2(c3ccc(N(CCCC)CCCC)cc3C(C)C)OC(=O)c3nccnc32)c(C(C)C)c1. The Labute approximate surface area is 279 Å². The van der Waals surface area contributed by atoms with E-state index in [0.29, 0.717) is 11.4 Å². The molecule has 0 radical (unpaired) electrons. The molecule has 0 bridgehead atoms. The minimum absolute atomic E-state index is 0.200. The lowest BCUT2D eigenvalue weighted by molar-refractivity contribution is 0.0234. The van der Waals surface area contributed by atoms with E-state index in [4.69, 9.17) is 9.72 Å². The van der Waals surface area contributed by atoms with Gasteiger partial charge in [0, 0.05) is 61.1 Å². The molecule has 1 aliphatic rings. The van der Waals surface area contributed by atoms with Crippen LogP contribution in [0.5, 0.6) is 0 Å². The van der Waals surface area contributed by atoms with E-state index in [1.165, 1.54) is 22.5 Å². The molecule has 250 valence electrons. The molecular weight excluding hydrogens is 568 g/mol. The van der Waals surface area contributed by atoms with Crippen molar-refractivity contribution in [2.75, 3.05) is 36.0 Å². The van der Waals surface area contributed by atoms with Crippen molar-refractivity contribution in [3.8, 4) is 0 Å². The first-order valence-electron chi connectivity index (χ1n) is 18.1. The van der Waals surface area contributed by atoms with Crippen molar-refractivity contribution in [1.82, 2.24) is 9.97 Å². The predicted molar refractivity (Wildman–Crippen MR) is 192 cm³/mol.